The second-order valence-electron chi connectivity index (χ2n) is 5.41. The average Bonchev–Trinajstić information content (AvgIpc) is 3.25. The number of hydrogen-bond donors (Lipinski definition) is 2. The second kappa shape index (κ2) is 5.64. The van der Waals surface area contributed by atoms with Gasteiger partial charge in [-0.15, -0.1) is 5.10 Å². The van der Waals surface area contributed by atoms with Crippen LogP contribution in [0.4, 0.5) is 14.7 Å². The van der Waals surface area contributed by atoms with Gasteiger partial charge in [0.25, 0.3) is 5.91 Å². The van der Waals surface area contributed by atoms with Crippen LogP contribution in [-0.4, -0.2) is 50.3 Å². The molecule has 0 saturated carbocycles. The fourth-order valence-corrected chi connectivity index (χ4v) is 2.51. The molecule has 0 spiro atoms. The Kier molecular flexibility index (Phi) is 3.45. The van der Waals surface area contributed by atoms with Crippen LogP contribution in [0.3, 0.4) is 0 Å². The highest BCUT2D eigenvalue weighted by molar-refractivity contribution is 6.02. The zero-order valence-corrected chi connectivity index (χ0v) is 12.2. The Bertz CT molecular complexity index is 908. The highest BCUT2D eigenvalue weighted by Crippen LogP contribution is 2.21. The van der Waals surface area contributed by atoms with E-state index in [9.17, 15) is 13.6 Å². The zero-order valence-electron chi connectivity index (χ0n) is 12.2. The number of halogens is 2. The van der Waals surface area contributed by atoms with E-state index in [1.54, 1.807) is 0 Å². The summed E-state index contributed by atoms with van der Waals surface area (Å²) in [5.41, 5.74) is 0.983. The molecule has 1 fully saturated rings. The van der Waals surface area contributed by atoms with Gasteiger partial charge in [0, 0.05) is 0 Å². The van der Waals surface area contributed by atoms with Gasteiger partial charge in [0.2, 0.25) is 5.95 Å². The number of ether oxygens (including phenoxy) is 1. The molecule has 1 aliphatic heterocycles. The van der Waals surface area contributed by atoms with Crippen LogP contribution in [0.2, 0.25) is 0 Å². The SMILES string of the molecule is O=C(Nc1nc2ccc(F)cc2[nH]1)c1cn([C@H]2COC[C@H]2F)nn1. The molecule has 1 aliphatic rings. The molecule has 8 nitrogen and oxygen atoms in total. The average molecular weight is 334 g/mol. The molecule has 3 heterocycles. The highest BCUT2D eigenvalue weighted by atomic mass is 19.1. The molecule has 3 aromatic rings. The van der Waals surface area contributed by atoms with Crippen LogP contribution in [0.1, 0.15) is 16.5 Å². The van der Waals surface area contributed by atoms with Crippen molar-refractivity contribution in [1.29, 1.82) is 0 Å². The van der Waals surface area contributed by atoms with Gasteiger partial charge in [-0.25, -0.2) is 18.4 Å². The van der Waals surface area contributed by atoms with Gasteiger partial charge in [0.1, 0.15) is 18.0 Å². The van der Waals surface area contributed by atoms with Gasteiger partial charge < -0.3 is 9.72 Å². The van der Waals surface area contributed by atoms with Crippen molar-refractivity contribution in [2.45, 2.75) is 12.2 Å². The third-order valence-corrected chi connectivity index (χ3v) is 3.74. The van der Waals surface area contributed by atoms with E-state index in [0.717, 1.165) is 0 Å². The first-order chi connectivity index (χ1) is 11.6. The molecule has 0 bridgehead atoms. The van der Waals surface area contributed by atoms with Gasteiger partial charge in [-0.3, -0.25) is 10.1 Å². The van der Waals surface area contributed by atoms with Crippen LogP contribution in [0.15, 0.2) is 24.4 Å². The van der Waals surface area contributed by atoms with Crippen LogP contribution in [0.25, 0.3) is 11.0 Å². The summed E-state index contributed by atoms with van der Waals surface area (Å²) in [6.07, 6.45) is 0.164. The van der Waals surface area contributed by atoms with Crippen LogP contribution in [-0.2, 0) is 4.74 Å². The van der Waals surface area contributed by atoms with Crippen LogP contribution in [0.5, 0.6) is 0 Å². The van der Waals surface area contributed by atoms with Gasteiger partial charge in [0.05, 0.1) is 30.4 Å². The summed E-state index contributed by atoms with van der Waals surface area (Å²) in [4.78, 5) is 19.1. The Morgan fingerprint density at radius 2 is 2.29 bits per heavy atom. The Balaban J connectivity index is 1.52. The molecule has 2 atom stereocenters. The van der Waals surface area contributed by atoms with Crippen molar-refractivity contribution in [3.05, 3.63) is 35.9 Å². The third kappa shape index (κ3) is 2.60. The summed E-state index contributed by atoms with van der Waals surface area (Å²) in [6.45, 7) is 0.183. The molecule has 0 radical (unpaired) electrons. The highest BCUT2D eigenvalue weighted by Gasteiger charge is 2.31. The minimum absolute atomic E-state index is 0.00159. The lowest BCUT2D eigenvalue weighted by Crippen LogP contribution is -2.19. The number of nitrogens with one attached hydrogen (secondary N) is 2. The third-order valence-electron chi connectivity index (χ3n) is 3.74. The Morgan fingerprint density at radius 1 is 1.42 bits per heavy atom. The monoisotopic (exact) mass is 334 g/mol. The predicted octanol–water partition coefficient (Wildman–Crippen LogP) is 1.46. The summed E-state index contributed by atoms with van der Waals surface area (Å²) < 4.78 is 33.1. The molecule has 124 valence electrons. The number of fused-ring (bicyclic) bond motifs is 1. The first-order valence-corrected chi connectivity index (χ1v) is 7.20. The van der Waals surface area contributed by atoms with Crippen LogP contribution in [0, 0.1) is 5.82 Å². The van der Waals surface area contributed by atoms with E-state index < -0.39 is 23.9 Å². The van der Waals surface area contributed by atoms with E-state index in [1.165, 1.54) is 29.1 Å². The summed E-state index contributed by atoms with van der Waals surface area (Å²) in [5.74, 6) is -0.815. The Hall–Kier alpha value is -2.88. The molecular weight excluding hydrogens is 322 g/mol. The lowest BCUT2D eigenvalue weighted by Gasteiger charge is -2.08. The van der Waals surface area contributed by atoms with Gasteiger partial charge in [0.15, 0.2) is 5.69 Å². The number of carbonyl (C=O) groups is 1. The fraction of sp³-hybridized carbons (Fsp3) is 0.286. The number of anilines is 1. The number of benzene rings is 1. The molecule has 1 aromatic carbocycles. The van der Waals surface area contributed by atoms with Crippen molar-refractivity contribution in [2.75, 3.05) is 18.5 Å². The number of H-pyrrole nitrogens is 1. The molecule has 1 saturated heterocycles. The number of imidazole rings is 1. The minimum Gasteiger partial charge on any atom is -0.376 e. The summed E-state index contributed by atoms with van der Waals surface area (Å²) in [7, 11) is 0. The van der Waals surface area contributed by atoms with E-state index in [4.69, 9.17) is 4.74 Å². The standard InChI is InChI=1S/C14H12F2N6O2/c15-7-1-2-9-10(3-7)18-14(17-9)19-13(23)11-4-22(21-20-11)12-6-24-5-8(12)16/h1-4,8,12H,5-6H2,(H2,17,18,19,23)/t8-,12+/m1/s1. The van der Waals surface area contributed by atoms with E-state index in [1.807, 2.05) is 0 Å². The van der Waals surface area contributed by atoms with E-state index >= 15 is 0 Å². The molecule has 1 amide bonds. The van der Waals surface area contributed by atoms with Crippen LogP contribution < -0.4 is 5.32 Å². The van der Waals surface area contributed by atoms with E-state index in [-0.39, 0.29) is 24.9 Å². The minimum atomic E-state index is -1.19. The topological polar surface area (TPSA) is 97.7 Å². The number of alkyl halides is 1. The lowest BCUT2D eigenvalue weighted by molar-refractivity contribution is 0.102. The summed E-state index contributed by atoms with van der Waals surface area (Å²) in [6, 6.07) is 3.45. The lowest BCUT2D eigenvalue weighted by atomic mass is 10.2. The van der Waals surface area contributed by atoms with Gasteiger partial charge in [-0.2, -0.15) is 0 Å². The van der Waals surface area contributed by atoms with Gasteiger partial charge in [-0.1, -0.05) is 5.21 Å². The molecular formula is C14H12F2N6O2. The Morgan fingerprint density at radius 3 is 3.08 bits per heavy atom. The van der Waals surface area contributed by atoms with Crippen molar-refractivity contribution in [3.63, 3.8) is 0 Å². The largest absolute Gasteiger partial charge is 0.376 e. The van der Waals surface area contributed by atoms with Crippen LogP contribution >= 0.6 is 0 Å². The first-order valence-electron chi connectivity index (χ1n) is 7.20. The maximum Gasteiger partial charge on any atom is 0.280 e. The fourth-order valence-electron chi connectivity index (χ4n) is 2.51. The summed E-state index contributed by atoms with van der Waals surface area (Å²) >= 11 is 0. The molecule has 0 aliphatic carbocycles. The maximum atomic E-state index is 13.6. The number of aromatic nitrogens is 5. The smallest absolute Gasteiger partial charge is 0.280 e. The number of nitrogens with zero attached hydrogens (tertiary/aromatic N) is 4. The molecule has 0 unspecified atom stereocenters. The van der Waals surface area contributed by atoms with Crippen molar-refractivity contribution < 1.29 is 18.3 Å². The normalized spacial score (nSPS) is 20.6. The van der Waals surface area contributed by atoms with E-state index in [0.29, 0.717) is 11.0 Å². The number of hydrogen-bond acceptors (Lipinski definition) is 5. The zero-order chi connectivity index (χ0) is 16.7. The van der Waals surface area contributed by atoms with Crippen molar-refractivity contribution in [1.82, 2.24) is 25.0 Å². The quantitative estimate of drug-likeness (QED) is 0.756. The summed E-state index contributed by atoms with van der Waals surface area (Å²) in [5, 5.41) is 10.0. The molecule has 2 aromatic heterocycles. The maximum absolute atomic E-state index is 13.6. The van der Waals surface area contributed by atoms with Gasteiger partial charge in [-0.05, 0) is 18.2 Å². The number of amides is 1. The van der Waals surface area contributed by atoms with Crippen molar-refractivity contribution >= 4 is 22.9 Å². The predicted molar refractivity (Wildman–Crippen MR) is 78.8 cm³/mol. The van der Waals surface area contributed by atoms with Crippen molar-refractivity contribution in [3.8, 4) is 0 Å². The van der Waals surface area contributed by atoms with E-state index in [2.05, 4.69) is 25.6 Å². The number of aromatic amines is 1. The molecule has 4 rings (SSSR count). The Labute approximate surface area is 133 Å². The second-order valence-corrected chi connectivity index (χ2v) is 5.41. The molecule has 10 heteroatoms. The first kappa shape index (κ1) is 14.7. The number of rotatable bonds is 3. The van der Waals surface area contributed by atoms with Gasteiger partial charge >= 0.3 is 0 Å². The van der Waals surface area contributed by atoms with Crippen molar-refractivity contribution in [2.24, 2.45) is 0 Å². The molecule has 24 heavy (non-hydrogen) atoms. The number of carbonyl (C=O) groups excluding carboxylic acids is 1. The molecule has 2 N–H and O–H groups in total.